The van der Waals surface area contributed by atoms with E-state index in [9.17, 15) is 9.18 Å². The molecule has 2 aromatic carbocycles. The minimum absolute atomic E-state index is 0.243. The first-order valence-corrected chi connectivity index (χ1v) is 10.5. The Morgan fingerprint density at radius 2 is 1.90 bits per heavy atom. The number of amides is 1. The summed E-state index contributed by atoms with van der Waals surface area (Å²) < 4.78 is 13.2. The van der Waals surface area contributed by atoms with Crippen LogP contribution >= 0.6 is 22.9 Å². The molecule has 2 N–H and O–H groups in total. The molecule has 0 aliphatic heterocycles. The van der Waals surface area contributed by atoms with Crippen molar-refractivity contribution in [2.75, 3.05) is 6.54 Å². The van der Waals surface area contributed by atoms with Crippen LogP contribution in [0, 0.1) is 12.7 Å². The third kappa shape index (κ3) is 4.58. The second-order valence-corrected chi connectivity index (χ2v) is 8.18. The first-order chi connectivity index (χ1) is 14.5. The van der Waals surface area contributed by atoms with E-state index < -0.39 is 0 Å². The molecular weight excluding hydrogens is 423 g/mol. The maximum atomic E-state index is 13.2. The van der Waals surface area contributed by atoms with Crippen LogP contribution in [0.1, 0.15) is 21.7 Å². The summed E-state index contributed by atoms with van der Waals surface area (Å²) in [7, 11) is 0. The van der Waals surface area contributed by atoms with Crippen molar-refractivity contribution in [3.63, 3.8) is 0 Å². The fourth-order valence-corrected chi connectivity index (χ4v) is 4.14. The molecular formula is C22H18ClFN4OS. The monoisotopic (exact) mass is 440 g/mol. The molecule has 4 rings (SSSR count). The van der Waals surface area contributed by atoms with Gasteiger partial charge in [0.05, 0.1) is 16.3 Å². The molecule has 8 heteroatoms. The van der Waals surface area contributed by atoms with E-state index in [0.717, 1.165) is 32.4 Å². The van der Waals surface area contributed by atoms with Gasteiger partial charge in [0.25, 0.3) is 5.91 Å². The van der Waals surface area contributed by atoms with Crippen molar-refractivity contribution >= 4 is 28.8 Å². The molecule has 0 fully saturated rings. The van der Waals surface area contributed by atoms with E-state index in [-0.39, 0.29) is 11.7 Å². The topological polar surface area (TPSA) is 70.7 Å². The summed E-state index contributed by atoms with van der Waals surface area (Å²) in [5.74, 6) is -0.528. The van der Waals surface area contributed by atoms with Gasteiger partial charge in [0.1, 0.15) is 10.8 Å². The second-order valence-electron chi connectivity index (χ2n) is 6.74. The average molecular weight is 441 g/mol. The summed E-state index contributed by atoms with van der Waals surface area (Å²) in [4.78, 5) is 17.9. The molecule has 0 aliphatic rings. The van der Waals surface area contributed by atoms with Crippen molar-refractivity contribution in [2.45, 2.75) is 13.3 Å². The fraction of sp³-hybridized carbons (Fsp3) is 0.136. The lowest BCUT2D eigenvalue weighted by atomic mass is 10.1. The van der Waals surface area contributed by atoms with Gasteiger partial charge in [-0.15, -0.1) is 11.3 Å². The number of nitrogens with one attached hydrogen (secondary N) is 2. The Balaban J connectivity index is 1.42. The van der Waals surface area contributed by atoms with E-state index >= 15 is 0 Å². The molecule has 0 aliphatic carbocycles. The highest BCUT2D eigenvalue weighted by Crippen LogP contribution is 2.34. The van der Waals surface area contributed by atoms with Crippen LogP contribution in [-0.4, -0.2) is 27.6 Å². The van der Waals surface area contributed by atoms with Gasteiger partial charge < -0.3 is 5.32 Å². The number of carbonyl (C=O) groups is 1. The number of aromatic amines is 1. The number of benzene rings is 2. The Bertz CT molecular complexity index is 1170. The summed E-state index contributed by atoms with van der Waals surface area (Å²) in [5.41, 5.74) is 3.79. The Labute approximate surface area is 181 Å². The molecule has 0 unspecified atom stereocenters. The third-order valence-electron chi connectivity index (χ3n) is 4.56. The van der Waals surface area contributed by atoms with Crippen molar-refractivity contribution in [1.82, 2.24) is 20.5 Å². The van der Waals surface area contributed by atoms with Crippen LogP contribution in [0.3, 0.4) is 0 Å². The highest BCUT2D eigenvalue weighted by Gasteiger charge is 2.16. The van der Waals surface area contributed by atoms with Crippen LogP contribution in [0.2, 0.25) is 5.02 Å². The maximum Gasteiger partial charge on any atom is 0.271 e. The first-order valence-electron chi connectivity index (χ1n) is 9.31. The number of thiazole rings is 1. The number of hydrogen-bond donors (Lipinski definition) is 2. The van der Waals surface area contributed by atoms with Gasteiger partial charge in [0.2, 0.25) is 0 Å². The number of carbonyl (C=O) groups excluding carboxylic acids is 1. The molecule has 0 spiro atoms. The highest BCUT2D eigenvalue weighted by molar-refractivity contribution is 7.18. The molecule has 152 valence electrons. The summed E-state index contributed by atoms with van der Waals surface area (Å²) >= 11 is 7.35. The molecule has 2 heterocycles. The van der Waals surface area contributed by atoms with E-state index in [0.29, 0.717) is 23.7 Å². The minimum atomic E-state index is -0.285. The van der Waals surface area contributed by atoms with Crippen molar-refractivity contribution in [3.8, 4) is 21.1 Å². The van der Waals surface area contributed by atoms with Gasteiger partial charge in [-0.3, -0.25) is 9.89 Å². The second kappa shape index (κ2) is 8.77. The van der Waals surface area contributed by atoms with Gasteiger partial charge >= 0.3 is 0 Å². The lowest BCUT2D eigenvalue weighted by Crippen LogP contribution is -2.26. The molecule has 4 aromatic rings. The number of H-pyrrole nitrogens is 1. The Hall–Kier alpha value is -3.03. The van der Waals surface area contributed by atoms with Crippen molar-refractivity contribution in [2.24, 2.45) is 0 Å². The number of halogens is 2. The van der Waals surface area contributed by atoms with Crippen LogP contribution in [0.4, 0.5) is 4.39 Å². The third-order valence-corrected chi connectivity index (χ3v) is 6.05. The SMILES string of the molecule is Cc1nc(-c2ccc(F)cc2)sc1-c1cc(C(=O)NCCc2ccc(Cl)cc2)n[nH]1. The molecule has 1 amide bonds. The first kappa shape index (κ1) is 20.3. The number of aromatic nitrogens is 3. The molecule has 5 nitrogen and oxygen atoms in total. The van der Waals surface area contributed by atoms with E-state index in [1.165, 1.54) is 23.5 Å². The summed E-state index contributed by atoms with van der Waals surface area (Å²) in [5, 5.41) is 11.4. The largest absolute Gasteiger partial charge is 0.350 e. The predicted octanol–water partition coefficient (Wildman–Crippen LogP) is 5.27. The average Bonchev–Trinajstić information content (AvgIpc) is 3.37. The molecule has 0 atom stereocenters. The minimum Gasteiger partial charge on any atom is -0.350 e. The van der Waals surface area contributed by atoms with Crippen LogP contribution in [-0.2, 0) is 6.42 Å². The summed E-state index contributed by atoms with van der Waals surface area (Å²) in [6, 6.07) is 15.5. The smallest absolute Gasteiger partial charge is 0.271 e. The van der Waals surface area contributed by atoms with Crippen LogP contribution in [0.15, 0.2) is 54.6 Å². The van der Waals surface area contributed by atoms with Crippen LogP contribution < -0.4 is 5.32 Å². The van der Waals surface area contributed by atoms with Gasteiger partial charge in [-0.05, 0) is 61.4 Å². The van der Waals surface area contributed by atoms with Crippen LogP contribution in [0.5, 0.6) is 0 Å². The van der Waals surface area contributed by atoms with Gasteiger partial charge in [-0.25, -0.2) is 9.37 Å². The molecule has 0 radical (unpaired) electrons. The fourth-order valence-electron chi connectivity index (χ4n) is 2.98. The number of rotatable bonds is 6. The Kier molecular flexibility index (Phi) is 5.92. The maximum absolute atomic E-state index is 13.2. The zero-order valence-electron chi connectivity index (χ0n) is 16.1. The lowest BCUT2D eigenvalue weighted by Gasteiger charge is -2.03. The van der Waals surface area contributed by atoms with Gasteiger partial charge in [0, 0.05) is 17.1 Å². The van der Waals surface area contributed by atoms with Gasteiger partial charge in [0.15, 0.2) is 5.69 Å². The van der Waals surface area contributed by atoms with Crippen molar-refractivity contribution in [1.29, 1.82) is 0 Å². The lowest BCUT2D eigenvalue weighted by molar-refractivity contribution is 0.0949. The molecule has 2 aromatic heterocycles. The molecule has 0 bridgehead atoms. The molecule has 0 saturated heterocycles. The quantitative estimate of drug-likeness (QED) is 0.429. The summed E-state index contributed by atoms with van der Waals surface area (Å²) in [6.45, 7) is 2.39. The van der Waals surface area contributed by atoms with Gasteiger partial charge in [-0.2, -0.15) is 5.10 Å². The van der Waals surface area contributed by atoms with Crippen molar-refractivity contribution in [3.05, 3.63) is 82.4 Å². The zero-order chi connectivity index (χ0) is 21.1. The zero-order valence-corrected chi connectivity index (χ0v) is 17.6. The predicted molar refractivity (Wildman–Crippen MR) is 117 cm³/mol. The number of aryl methyl sites for hydroxylation is 1. The Morgan fingerprint density at radius 1 is 1.17 bits per heavy atom. The Morgan fingerprint density at radius 3 is 2.63 bits per heavy atom. The van der Waals surface area contributed by atoms with E-state index in [4.69, 9.17) is 11.6 Å². The van der Waals surface area contributed by atoms with E-state index in [2.05, 4.69) is 20.5 Å². The van der Waals surface area contributed by atoms with E-state index in [1.54, 1.807) is 18.2 Å². The standard InChI is InChI=1S/C22H18ClFN4OS/c1-13-20(30-22(26-13)15-4-8-17(24)9-5-15)18-12-19(28-27-18)21(29)25-11-10-14-2-6-16(23)7-3-14/h2-9,12H,10-11H2,1H3,(H,25,29)(H,27,28). The number of nitrogens with zero attached hydrogens (tertiary/aromatic N) is 2. The molecule has 30 heavy (non-hydrogen) atoms. The summed E-state index contributed by atoms with van der Waals surface area (Å²) in [6.07, 6.45) is 0.704. The van der Waals surface area contributed by atoms with Gasteiger partial charge in [-0.1, -0.05) is 23.7 Å². The highest BCUT2D eigenvalue weighted by atomic mass is 35.5. The van der Waals surface area contributed by atoms with Crippen molar-refractivity contribution < 1.29 is 9.18 Å². The normalized spacial score (nSPS) is 10.9. The van der Waals surface area contributed by atoms with E-state index in [1.807, 2.05) is 31.2 Å². The van der Waals surface area contributed by atoms with Crippen LogP contribution in [0.25, 0.3) is 21.1 Å². The number of hydrogen-bond acceptors (Lipinski definition) is 4. The molecule has 0 saturated carbocycles.